The van der Waals surface area contributed by atoms with Gasteiger partial charge in [-0.2, -0.15) is 5.10 Å². The average molecular weight is 280 g/mol. The number of carbonyl (C=O) groups is 1. The van der Waals surface area contributed by atoms with Crippen LogP contribution in [0.2, 0.25) is 0 Å². The number of aryl methyl sites for hydroxylation is 1. The van der Waals surface area contributed by atoms with Crippen LogP contribution in [0.4, 0.5) is 0 Å². The van der Waals surface area contributed by atoms with Gasteiger partial charge >= 0.3 is 0 Å². The van der Waals surface area contributed by atoms with E-state index in [9.17, 15) is 4.79 Å². The van der Waals surface area contributed by atoms with E-state index in [1.807, 2.05) is 0 Å². The molecular formula is C14H24N4O2. The molecule has 0 aliphatic carbocycles. The van der Waals surface area contributed by atoms with Crippen LogP contribution in [0.25, 0.3) is 0 Å². The number of rotatable bonds is 6. The van der Waals surface area contributed by atoms with Crippen LogP contribution in [0.5, 0.6) is 0 Å². The van der Waals surface area contributed by atoms with E-state index < -0.39 is 0 Å². The van der Waals surface area contributed by atoms with Crippen LogP contribution in [-0.4, -0.2) is 58.5 Å². The molecule has 1 aromatic rings. The van der Waals surface area contributed by atoms with E-state index in [1.165, 1.54) is 0 Å². The number of likely N-dealkylation sites (tertiary alicyclic amines) is 1. The summed E-state index contributed by atoms with van der Waals surface area (Å²) < 4.78 is 1.63. The number of hydrogen-bond acceptors (Lipinski definition) is 4. The summed E-state index contributed by atoms with van der Waals surface area (Å²) in [7, 11) is 1.80. The highest BCUT2D eigenvalue weighted by atomic mass is 16.3. The lowest BCUT2D eigenvalue weighted by Gasteiger charge is -2.31. The first-order valence-corrected chi connectivity index (χ1v) is 7.29. The van der Waals surface area contributed by atoms with Crippen molar-refractivity contribution in [2.24, 2.45) is 13.0 Å². The molecule has 2 heterocycles. The molecule has 1 fully saturated rings. The number of carbonyl (C=O) groups excluding carboxylic acids is 1. The number of piperidine rings is 1. The van der Waals surface area contributed by atoms with Gasteiger partial charge in [0.2, 0.25) is 0 Å². The molecule has 0 saturated carbocycles. The van der Waals surface area contributed by atoms with E-state index in [-0.39, 0.29) is 12.5 Å². The summed E-state index contributed by atoms with van der Waals surface area (Å²) in [6, 6.07) is 0. The van der Waals surface area contributed by atoms with Crippen LogP contribution in [0.15, 0.2) is 12.4 Å². The minimum absolute atomic E-state index is 0.0409. The van der Waals surface area contributed by atoms with Crippen molar-refractivity contribution in [3.8, 4) is 0 Å². The van der Waals surface area contributed by atoms with Crippen molar-refractivity contribution in [2.45, 2.75) is 19.3 Å². The van der Waals surface area contributed by atoms with Gasteiger partial charge in [0.05, 0.1) is 11.8 Å². The molecule has 6 nitrogen and oxygen atoms in total. The average Bonchev–Trinajstić information content (AvgIpc) is 2.90. The molecule has 1 aromatic heterocycles. The maximum atomic E-state index is 11.9. The standard InChI is InChI=1S/C14H24N4O2/c1-17-11-13(10-16-17)14(20)15-9-12-3-6-18(7-4-12)5-2-8-19/h10-12,19H,2-9H2,1H3,(H,15,20). The highest BCUT2D eigenvalue weighted by Gasteiger charge is 2.19. The van der Waals surface area contributed by atoms with E-state index in [4.69, 9.17) is 5.11 Å². The lowest BCUT2D eigenvalue weighted by molar-refractivity contribution is 0.0934. The Labute approximate surface area is 119 Å². The topological polar surface area (TPSA) is 70.4 Å². The number of nitrogens with zero attached hydrogens (tertiary/aromatic N) is 3. The fraction of sp³-hybridized carbons (Fsp3) is 0.714. The molecule has 0 spiro atoms. The zero-order valence-electron chi connectivity index (χ0n) is 12.1. The Hall–Kier alpha value is -1.40. The third-order valence-corrected chi connectivity index (χ3v) is 3.86. The Kier molecular flexibility index (Phi) is 5.55. The second-order valence-electron chi connectivity index (χ2n) is 5.47. The second-order valence-corrected chi connectivity index (χ2v) is 5.47. The normalized spacial score (nSPS) is 17.3. The van der Waals surface area contributed by atoms with Crippen molar-refractivity contribution in [3.63, 3.8) is 0 Å². The molecule has 0 unspecified atom stereocenters. The molecule has 0 bridgehead atoms. The largest absolute Gasteiger partial charge is 0.396 e. The van der Waals surface area contributed by atoms with Crippen molar-refractivity contribution in [2.75, 3.05) is 32.8 Å². The maximum absolute atomic E-state index is 11.9. The summed E-state index contributed by atoms with van der Waals surface area (Å²) >= 11 is 0. The fourth-order valence-corrected chi connectivity index (χ4v) is 2.59. The summed E-state index contributed by atoms with van der Waals surface area (Å²) in [5.41, 5.74) is 0.618. The van der Waals surface area contributed by atoms with Crippen LogP contribution in [0.3, 0.4) is 0 Å². The predicted molar refractivity (Wildman–Crippen MR) is 76.4 cm³/mol. The number of aliphatic hydroxyl groups excluding tert-OH is 1. The van der Waals surface area contributed by atoms with Gasteiger partial charge in [-0.25, -0.2) is 0 Å². The molecule has 112 valence electrons. The Morgan fingerprint density at radius 1 is 1.50 bits per heavy atom. The van der Waals surface area contributed by atoms with Crippen molar-refractivity contribution >= 4 is 5.91 Å². The Morgan fingerprint density at radius 3 is 2.85 bits per heavy atom. The summed E-state index contributed by atoms with van der Waals surface area (Å²) in [6.07, 6.45) is 6.39. The van der Waals surface area contributed by atoms with Crippen molar-refractivity contribution in [3.05, 3.63) is 18.0 Å². The monoisotopic (exact) mass is 280 g/mol. The molecule has 0 aromatic carbocycles. The molecule has 1 amide bonds. The van der Waals surface area contributed by atoms with Gasteiger partial charge in [0.1, 0.15) is 0 Å². The first-order valence-electron chi connectivity index (χ1n) is 7.29. The van der Waals surface area contributed by atoms with Crippen LogP contribution in [0.1, 0.15) is 29.6 Å². The zero-order valence-corrected chi connectivity index (χ0v) is 12.1. The molecular weight excluding hydrogens is 256 g/mol. The van der Waals surface area contributed by atoms with Gasteiger partial charge in [-0.15, -0.1) is 0 Å². The quantitative estimate of drug-likeness (QED) is 0.783. The van der Waals surface area contributed by atoms with E-state index >= 15 is 0 Å². The van der Waals surface area contributed by atoms with Crippen molar-refractivity contribution in [1.82, 2.24) is 20.0 Å². The predicted octanol–water partition coefficient (Wildman–Crippen LogP) is 0.244. The molecule has 0 atom stereocenters. The van der Waals surface area contributed by atoms with Crippen LogP contribution < -0.4 is 5.32 Å². The molecule has 1 aliphatic rings. The lowest BCUT2D eigenvalue weighted by Crippen LogP contribution is -2.39. The molecule has 2 N–H and O–H groups in total. The van der Waals surface area contributed by atoms with Gasteiger partial charge < -0.3 is 15.3 Å². The Balaban J connectivity index is 1.67. The number of nitrogens with one attached hydrogen (secondary N) is 1. The van der Waals surface area contributed by atoms with E-state index in [2.05, 4.69) is 15.3 Å². The van der Waals surface area contributed by atoms with Crippen LogP contribution >= 0.6 is 0 Å². The highest BCUT2D eigenvalue weighted by molar-refractivity contribution is 5.93. The van der Waals surface area contributed by atoms with Gasteiger partial charge in [0.15, 0.2) is 0 Å². The fourth-order valence-electron chi connectivity index (χ4n) is 2.59. The summed E-state index contributed by atoms with van der Waals surface area (Å²) in [4.78, 5) is 14.3. The molecule has 2 rings (SSSR count). The van der Waals surface area contributed by atoms with Gasteiger partial charge in [0.25, 0.3) is 5.91 Å². The first-order chi connectivity index (χ1) is 9.69. The minimum atomic E-state index is -0.0409. The van der Waals surface area contributed by atoms with Crippen molar-refractivity contribution in [1.29, 1.82) is 0 Å². The highest BCUT2D eigenvalue weighted by Crippen LogP contribution is 2.16. The molecule has 0 radical (unpaired) electrons. The van der Waals surface area contributed by atoms with Crippen molar-refractivity contribution < 1.29 is 9.90 Å². The van der Waals surface area contributed by atoms with Gasteiger partial charge in [-0.05, 0) is 38.3 Å². The second kappa shape index (κ2) is 7.40. The SMILES string of the molecule is Cn1cc(C(=O)NCC2CCN(CCCO)CC2)cn1. The number of hydrogen-bond donors (Lipinski definition) is 2. The summed E-state index contributed by atoms with van der Waals surface area (Å²) in [5, 5.41) is 15.8. The third kappa shape index (κ3) is 4.31. The molecule has 1 aliphatic heterocycles. The summed E-state index contributed by atoms with van der Waals surface area (Å²) in [6.45, 7) is 4.11. The number of aromatic nitrogens is 2. The zero-order chi connectivity index (χ0) is 14.4. The Bertz CT molecular complexity index is 425. The Morgan fingerprint density at radius 2 is 2.25 bits per heavy atom. The first kappa shape index (κ1) is 15.0. The molecule has 20 heavy (non-hydrogen) atoms. The number of amides is 1. The van der Waals surface area contributed by atoms with Gasteiger partial charge in [-0.1, -0.05) is 0 Å². The molecule has 1 saturated heterocycles. The number of aliphatic hydroxyl groups is 1. The van der Waals surface area contributed by atoms with E-state index in [1.54, 1.807) is 24.1 Å². The van der Waals surface area contributed by atoms with Gasteiger partial charge in [0, 0.05) is 32.9 Å². The van der Waals surface area contributed by atoms with Crippen LogP contribution in [0, 0.1) is 5.92 Å². The molecule has 6 heteroatoms. The lowest BCUT2D eigenvalue weighted by atomic mass is 9.96. The maximum Gasteiger partial charge on any atom is 0.254 e. The smallest absolute Gasteiger partial charge is 0.254 e. The van der Waals surface area contributed by atoms with Gasteiger partial charge in [-0.3, -0.25) is 9.48 Å². The van der Waals surface area contributed by atoms with E-state index in [0.29, 0.717) is 11.5 Å². The van der Waals surface area contributed by atoms with Crippen LogP contribution in [-0.2, 0) is 7.05 Å². The van der Waals surface area contributed by atoms with E-state index in [0.717, 1.165) is 45.4 Å². The summed E-state index contributed by atoms with van der Waals surface area (Å²) in [5.74, 6) is 0.516. The third-order valence-electron chi connectivity index (χ3n) is 3.86. The minimum Gasteiger partial charge on any atom is -0.396 e.